The van der Waals surface area contributed by atoms with Gasteiger partial charge < -0.3 is 5.11 Å². The number of hydrogen-bond acceptors (Lipinski definition) is 3. The molecule has 2 aromatic carbocycles. The SMILES string of the molecule is O=C1C(=O)N(Cc2cccc(O)c2)c2c(Br)cc(F)cc21. The van der Waals surface area contributed by atoms with Crippen molar-refractivity contribution < 1.29 is 19.1 Å². The topological polar surface area (TPSA) is 57.6 Å². The number of aromatic hydroxyl groups is 1. The summed E-state index contributed by atoms with van der Waals surface area (Å²) >= 11 is 3.19. The fourth-order valence-electron chi connectivity index (χ4n) is 2.34. The summed E-state index contributed by atoms with van der Waals surface area (Å²) in [5, 5.41) is 9.46. The number of rotatable bonds is 2. The van der Waals surface area contributed by atoms with Crippen LogP contribution in [0.1, 0.15) is 15.9 Å². The summed E-state index contributed by atoms with van der Waals surface area (Å²) in [6, 6.07) is 8.66. The third kappa shape index (κ3) is 2.31. The van der Waals surface area contributed by atoms with E-state index < -0.39 is 17.5 Å². The monoisotopic (exact) mass is 349 g/mol. The third-order valence-corrected chi connectivity index (χ3v) is 3.84. The molecule has 0 saturated carbocycles. The van der Waals surface area contributed by atoms with Crippen molar-refractivity contribution >= 4 is 33.3 Å². The van der Waals surface area contributed by atoms with E-state index in [1.54, 1.807) is 12.1 Å². The molecule has 6 heteroatoms. The van der Waals surface area contributed by atoms with Crippen molar-refractivity contribution in [1.82, 2.24) is 0 Å². The molecular formula is C15H9BrFNO3. The molecule has 0 saturated heterocycles. The average Bonchev–Trinajstić information content (AvgIpc) is 2.64. The lowest BCUT2D eigenvalue weighted by molar-refractivity contribution is -0.114. The molecule has 3 rings (SSSR count). The Morgan fingerprint density at radius 2 is 1.95 bits per heavy atom. The van der Waals surface area contributed by atoms with Crippen molar-refractivity contribution in [3.05, 3.63) is 57.8 Å². The first-order valence-corrected chi connectivity index (χ1v) is 6.90. The number of phenols is 1. The second kappa shape index (κ2) is 4.96. The van der Waals surface area contributed by atoms with Crippen molar-refractivity contribution in [1.29, 1.82) is 0 Å². The van der Waals surface area contributed by atoms with Gasteiger partial charge in [0.25, 0.3) is 11.7 Å². The highest BCUT2D eigenvalue weighted by molar-refractivity contribution is 9.10. The van der Waals surface area contributed by atoms with Crippen molar-refractivity contribution in [2.45, 2.75) is 6.54 Å². The molecule has 0 aliphatic carbocycles. The Bertz CT molecular complexity index is 776. The van der Waals surface area contributed by atoms with Gasteiger partial charge in [-0.25, -0.2) is 4.39 Å². The zero-order valence-electron chi connectivity index (χ0n) is 10.6. The van der Waals surface area contributed by atoms with Crippen molar-refractivity contribution in [2.75, 3.05) is 4.90 Å². The van der Waals surface area contributed by atoms with Crippen LogP contribution in [0.15, 0.2) is 40.9 Å². The number of benzene rings is 2. The van der Waals surface area contributed by atoms with Gasteiger partial charge in [-0.15, -0.1) is 0 Å². The second-order valence-corrected chi connectivity index (χ2v) is 5.53. The van der Waals surface area contributed by atoms with Crippen molar-refractivity contribution in [3.63, 3.8) is 0 Å². The summed E-state index contributed by atoms with van der Waals surface area (Å²) in [5.74, 6) is -1.95. The molecule has 0 radical (unpaired) electrons. The maximum Gasteiger partial charge on any atom is 0.299 e. The molecule has 0 atom stereocenters. The second-order valence-electron chi connectivity index (χ2n) is 4.67. The van der Waals surface area contributed by atoms with Gasteiger partial charge in [-0.05, 0) is 45.8 Å². The zero-order chi connectivity index (χ0) is 15.1. The predicted molar refractivity (Wildman–Crippen MR) is 77.7 cm³/mol. The summed E-state index contributed by atoms with van der Waals surface area (Å²) in [7, 11) is 0. The molecule has 21 heavy (non-hydrogen) atoms. The smallest absolute Gasteiger partial charge is 0.299 e. The average molecular weight is 350 g/mol. The molecule has 0 aromatic heterocycles. The number of carbonyl (C=O) groups excluding carboxylic acids is 2. The van der Waals surface area contributed by atoms with Crippen molar-refractivity contribution in [3.8, 4) is 5.75 Å². The molecule has 0 unspecified atom stereocenters. The quantitative estimate of drug-likeness (QED) is 0.847. The normalized spacial score (nSPS) is 13.7. The van der Waals surface area contributed by atoms with E-state index in [1.165, 1.54) is 23.1 Å². The summed E-state index contributed by atoms with van der Waals surface area (Å²) < 4.78 is 13.7. The number of anilines is 1. The summed E-state index contributed by atoms with van der Waals surface area (Å²) in [6.45, 7) is 0.121. The van der Waals surface area contributed by atoms with Gasteiger partial charge in [0, 0.05) is 4.47 Å². The van der Waals surface area contributed by atoms with E-state index in [4.69, 9.17) is 0 Å². The van der Waals surface area contributed by atoms with Gasteiger partial charge in [0.05, 0.1) is 17.8 Å². The Labute approximate surface area is 127 Å². The van der Waals surface area contributed by atoms with Gasteiger partial charge in [0.1, 0.15) is 11.6 Å². The summed E-state index contributed by atoms with van der Waals surface area (Å²) in [6.07, 6.45) is 0. The van der Waals surface area contributed by atoms with Crippen LogP contribution in [0.3, 0.4) is 0 Å². The van der Waals surface area contributed by atoms with E-state index in [9.17, 15) is 19.1 Å². The molecule has 0 spiro atoms. The highest BCUT2D eigenvalue weighted by Gasteiger charge is 2.37. The van der Waals surface area contributed by atoms with Crippen LogP contribution in [-0.4, -0.2) is 16.8 Å². The lowest BCUT2D eigenvalue weighted by Crippen LogP contribution is -2.29. The third-order valence-electron chi connectivity index (χ3n) is 3.23. The van der Waals surface area contributed by atoms with Gasteiger partial charge in [0.2, 0.25) is 0 Å². The van der Waals surface area contributed by atoms with E-state index in [1.807, 2.05) is 0 Å². The lowest BCUT2D eigenvalue weighted by Gasteiger charge is -2.18. The van der Waals surface area contributed by atoms with E-state index in [0.29, 0.717) is 15.7 Å². The number of Topliss-reactive ketones (excluding diaryl/α,β-unsaturated/α-hetero) is 1. The standard InChI is InChI=1S/C15H9BrFNO3/c16-12-6-9(17)5-11-13(12)18(15(21)14(11)20)7-8-2-1-3-10(19)4-8/h1-6,19H,7H2. The highest BCUT2D eigenvalue weighted by atomic mass is 79.9. The van der Waals surface area contributed by atoms with Crippen LogP contribution in [0.5, 0.6) is 5.75 Å². The first-order chi connectivity index (χ1) is 9.97. The van der Waals surface area contributed by atoms with Crippen LogP contribution >= 0.6 is 15.9 Å². The number of carbonyl (C=O) groups is 2. The first-order valence-electron chi connectivity index (χ1n) is 6.10. The number of amides is 1. The molecule has 1 amide bonds. The fourth-order valence-corrected chi connectivity index (χ4v) is 2.99. The number of nitrogens with zero attached hydrogens (tertiary/aromatic N) is 1. The molecule has 1 heterocycles. The number of ketones is 1. The first kappa shape index (κ1) is 13.8. The Morgan fingerprint density at radius 3 is 2.67 bits per heavy atom. The van der Waals surface area contributed by atoms with Crippen LogP contribution < -0.4 is 4.90 Å². The van der Waals surface area contributed by atoms with Crippen molar-refractivity contribution in [2.24, 2.45) is 0 Å². The minimum absolute atomic E-state index is 0.0482. The van der Waals surface area contributed by atoms with E-state index >= 15 is 0 Å². The Balaban J connectivity index is 2.05. The molecule has 106 valence electrons. The van der Waals surface area contributed by atoms with Crippen LogP contribution in [0.4, 0.5) is 10.1 Å². The summed E-state index contributed by atoms with van der Waals surface area (Å²) in [5.41, 5.74) is 1.07. The molecule has 4 nitrogen and oxygen atoms in total. The molecule has 0 fully saturated rings. The van der Waals surface area contributed by atoms with E-state index in [2.05, 4.69) is 15.9 Å². The van der Waals surface area contributed by atoms with Crippen LogP contribution in [0.25, 0.3) is 0 Å². The van der Waals surface area contributed by atoms with Gasteiger partial charge in [-0.2, -0.15) is 0 Å². The van der Waals surface area contributed by atoms with E-state index in [0.717, 1.165) is 6.07 Å². The van der Waals surface area contributed by atoms with Gasteiger partial charge in [0.15, 0.2) is 0 Å². The van der Waals surface area contributed by atoms with Crippen LogP contribution in [-0.2, 0) is 11.3 Å². The molecular weight excluding hydrogens is 341 g/mol. The van der Waals surface area contributed by atoms with Gasteiger partial charge in [-0.1, -0.05) is 12.1 Å². The molecule has 2 aromatic rings. The Kier molecular flexibility index (Phi) is 3.25. The van der Waals surface area contributed by atoms with Crippen LogP contribution in [0, 0.1) is 5.82 Å². The number of phenolic OH excluding ortho intramolecular Hbond substituents is 1. The number of fused-ring (bicyclic) bond motifs is 1. The maximum absolute atomic E-state index is 13.4. The Hall–Kier alpha value is -2.21. The highest BCUT2D eigenvalue weighted by Crippen LogP contribution is 2.37. The number of hydrogen-bond donors (Lipinski definition) is 1. The lowest BCUT2D eigenvalue weighted by atomic mass is 10.1. The zero-order valence-corrected chi connectivity index (χ0v) is 12.2. The predicted octanol–water partition coefficient (Wildman–Crippen LogP) is 3.02. The maximum atomic E-state index is 13.4. The fraction of sp³-hybridized carbons (Fsp3) is 0.0667. The van der Waals surface area contributed by atoms with Crippen LogP contribution in [0.2, 0.25) is 0 Å². The molecule has 1 N–H and O–H groups in total. The van der Waals surface area contributed by atoms with Gasteiger partial charge in [-0.3, -0.25) is 14.5 Å². The molecule has 1 aliphatic rings. The largest absolute Gasteiger partial charge is 0.508 e. The minimum atomic E-state index is -0.731. The van der Waals surface area contributed by atoms with E-state index in [-0.39, 0.29) is 17.9 Å². The molecule has 1 aliphatic heterocycles. The molecule has 0 bridgehead atoms. The summed E-state index contributed by atoms with van der Waals surface area (Å²) in [4.78, 5) is 25.3. The minimum Gasteiger partial charge on any atom is -0.508 e. The van der Waals surface area contributed by atoms with Gasteiger partial charge >= 0.3 is 0 Å². The number of halogens is 2. The Morgan fingerprint density at radius 1 is 1.19 bits per heavy atom.